The van der Waals surface area contributed by atoms with Crippen LogP contribution in [-0.2, 0) is 42.8 Å². The number of esters is 3. The Morgan fingerprint density at radius 1 is 1.08 bits per heavy atom. The van der Waals surface area contributed by atoms with Crippen LogP contribution in [-0.4, -0.2) is 114 Å². The van der Waals surface area contributed by atoms with Crippen LogP contribution in [0.5, 0.6) is 0 Å². The van der Waals surface area contributed by atoms with Crippen LogP contribution in [0.1, 0.15) is 34.1 Å². The predicted molar refractivity (Wildman–Crippen MR) is 123 cm³/mol. The number of fused-ring (bicyclic) bond motifs is 1. The summed E-state index contributed by atoms with van der Waals surface area (Å²) in [6.45, 7) is 11.0. The zero-order chi connectivity index (χ0) is 27.0. The van der Waals surface area contributed by atoms with Crippen LogP contribution in [0.15, 0.2) is 0 Å². The van der Waals surface area contributed by atoms with Gasteiger partial charge in [-0.05, 0) is 24.7 Å². The average molecular weight is 538 g/mol. The molecule has 38 heavy (non-hydrogen) atoms. The van der Waals surface area contributed by atoms with E-state index in [-0.39, 0.29) is 12.5 Å². The summed E-state index contributed by atoms with van der Waals surface area (Å²) in [4.78, 5) is 42.1. The Labute approximate surface area is 219 Å². The first-order valence-corrected chi connectivity index (χ1v) is 13.5. The van der Waals surface area contributed by atoms with Gasteiger partial charge in [0.15, 0.2) is 17.8 Å². The van der Waals surface area contributed by atoms with Crippen LogP contribution in [0.2, 0.25) is 0 Å². The molecule has 2 N–H and O–H groups in total. The van der Waals surface area contributed by atoms with Crippen LogP contribution in [0, 0.1) is 28.1 Å². The highest BCUT2D eigenvalue weighted by atomic mass is 16.8. The lowest BCUT2D eigenvalue weighted by Gasteiger charge is -2.48. The molecule has 2 spiro atoms. The quantitative estimate of drug-likeness (QED) is 0.334. The molecule has 7 rings (SSSR count). The minimum absolute atomic E-state index is 0.197. The first-order chi connectivity index (χ1) is 17.9. The van der Waals surface area contributed by atoms with Crippen molar-refractivity contribution in [2.75, 3.05) is 39.5 Å². The molecular formula is C26H35NO11. The summed E-state index contributed by atoms with van der Waals surface area (Å²) in [7, 11) is 0. The molecule has 5 saturated heterocycles. The lowest BCUT2D eigenvalue weighted by molar-refractivity contribution is -0.240. The Morgan fingerprint density at radius 2 is 1.79 bits per heavy atom. The molecule has 0 aromatic carbocycles. The Balaban J connectivity index is 1.38. The van der Waals surface area contributed by atoms with Crippen LogP contribution < -0.4 is 0 Å². The lowest BCUT2D eigenvalue weighted by Crippen LogP contribution is -2.67. The number of carbonyl (C=O) groups excluding carboxylic acids is 3. The molecule has 5 aliphatic heterocycles. The Morgan fingerprint density at radius 3 is 2.47 bits per heavy atom. The van der Waals surface area contributed by atoms with Gasteiger partial charge in [-0.2, -0.15) is 0 Å². The van der Waals surface area contributed by atoms with Crippen LogP contribution >= 0.6 is 0 Å². The average Bonchev–Trinajstić information content (AvgIpc) is 3.58. The maximum absolute atomic E-state index is 13.8. The van der Waals surface area contributed by atoms with E-state index in [1.54, 1.807) is 0 Å². The highest BCUT2D eigenvalue weighted by molar-refractivity contribution is 5.94. The molecule has 5 heterocycles. The number of aliphatic hydroxyl groups excluding tert-OH is 1. The third kappa shape index (κ3) is 2.36. The topological polar surface area (TPSA) is 150 Å². The van der Waals surface area contributed by atoms with Crippen molar-refractivity contribution in [2.24, 2.45) is 28.1 Å². The van der Waals surface area contributed by atoms with E-state index >= 15 is 0 Å². The predicted octanol–water partition coefficient (Wildman–Crippen LogP) is -1.01. The fourth-order valence-corrected chi connectivity index (χ4v) is 9.42. The van der Waals surface area contributed by atoms with Gasteiger partial charge in [0.05, 0.1) is 36.6 Å². The molecule has 11 atom stereocenters. The van der Waals surface area contributed by atoms with Gasteiger partial charge in [-0.25, -0.2) is 9.59 Å². The lowest BCUT2D eigenvalue weighted by atomic mass is 9.51. The maximum atomic E-state index is 13.8. The maximum Gasteiger partial charge on any atom is 0.343 e. The number of aliphatic hydroxyl groups is 2. The van der Waals surface area contributed by atoms with Gasteiger partial charge in [-0.15, -0.1) is 0 Å². The smallest absolute Gasteiger partial charge is 0.343 e. The van der Waals surface area contributed by atoms with E-state index in [0.717, 1.165) is 13.1 Å². The van der Waals surface area contributed by atoms with Crippen molar-refractivity contribution < 1.29 is 53.0 Å². The molecule has 210 valence electrons. The fraction of sp³-hybridized carbons (Fsp3) is 0.885. The van der Waals surface area contributed by atoms with E-state index < -0.39 is 82.0 Å². The van der Waals surface area contributed by atoms with Crippen LogP contribution in [0.25, 0.3) is 0 Å². The molecular weight excluding hydrogens is 502 g/mol. The number of ether oxygens (including phenoxy) is 6. The van der Waals surface area contributed by atoms with E-state index in [2.05, 4.69) is 4.90 Å². The summed E-state index contributed by atoms with van der Waals surface area (Å²) in [6, 6.07) is 0. The number of carbonyl (C=O) groups is 3. The van der Waals surface area contributed by atoms with Crippen molar-refractivity contribution in [3.63, 3.8) is 0 Å². The highest BCUT2D eigenvalue weighted by Crippen LogP contribution is 2.84. The molecule has 7 aliphatic rings. The molecule has 1 unspecified atom stereocenters. The summed E-state index contributed by atoms with van der Waals surface area (Å²) >= 11 is 0. The highest BCUT2D eigenvalue weighted by Gasteiger charge is 3.04. The first kappa shape index (κ1) is 25.2. The number of nitrogens with zero attached hydrogens (tertiary/aromatic N) is 1. The summed E-state index contributed by atoms with van der Waals surface area (Å²) < 4.78 is 35.5. The van der Waals surface area contributed by atoms with Crippen molar-refractivity contribution in [1.29, 1.82) is 0 Å². The Hall–Kier alpha value is -1.83. The van der Waals surface area contributed by atoms with Gasteiger partial charge < -0.3 is 38.6 Å². The molecule has 7 fully saturated rings. The molecule has 0 aromatic heterocycles. The zero-order valence-corrected chi connectivity index (χ0v) is 22.0. The van der Waals surface area contributed by atoms with Gasteiger partial charge in [-0.1, -0.05) is 20.8 Å². The second kappa shape index (κ2) is 7.46. The third-order valence-electron chi connectivity index (χ3n) is 10.8. The van der Waals surface area contributed by atoms with Crippen molar-refractivity contribution >= 4 is 17.9 Å². The molecule has 0 aromatic rings. The monoisotopic (exact) mass is 537 g/mol. The second-order valence-corrected chi connectivity index (χ2v) is 13.0. The zero-order valence-electron chi connectivity index (χ0n) is 22.0. The third-order valence-corrected chi connectivity index (χ3v) is 10.8. The summed E-state index contributed by atoms with van der Waals surface area (Å²) in [5, 5.41) is 24.3. The van der Waals surface area contributed by atoms with E-state index in [4.69, 9.17) is 28.4 Å². The molecule has 12 nitrogen and oxygen atoms in total. The first-order valence-electron chi connectivity index (χ1n) is 13.5. The standard InChI is InChI=1S/C26H35NO11/c1-12-18(29)36-16-15(28)24-14-11-13(22(2,3)4)23(24)17(34-10-7-27-5-8-33-9-6-27)19(30)37-21(23)38-26(24,20(31)35-14)25(12,16)32/h12-17,21,28,32H,5-11H2,1-4H3/t12-,13+,14-,15+,16+,17+,21+,23?,24+,25-,26-/m1/s1. The van der Waals surface area contributed by atoms with E-state index in [9.17, 15) is 24.6 Å². The number of hydrogen-bond acceptors (Lipinski definition) is 12. The summed E-state index contributed by atoms with van der Waals surface area (Å²) in [5.74, 6) is -3.82. The van der Waals surface area contributed by atoms with Crippen molar-refractivity contribution in [3.05, 3.63) is 0 Å². The van der Waals surface area contributed by atoms with Crippen LogP contribution in [0.4, 0.5) is 0 Å². The molecule has 2 aliphatic carbocycles. The fourth-order valence-electron chi connectivity index (χ4n) is 9.42. The molecule has 0 radical (unpaired) electrons. The SMILES string of the molecule is C[C@@H]1C(=O)O[C@H]2[C@H](O)[C@@]34[C@H]5C[C@@H](C(C)(C)C)C36[C@@H](OC(=O)[C@@H]6OCCN3CCOCC3)O[C@@]4(C(=O)O5)[C@@]12O. The molecule has 0 amide bonds. The number of rotatable bonds is 4. The van der Waals surface area contributed by atoms with Gasteiger partial charge in [0.25, 0.3) is 0 Å². The summed E-state index contributed by atoms with van der Waals surface area (Å²) in [6.07, 6.45) is -6.06. The molecule has 2 saturated carbocycles. The van der Waals surface area contributed by atoms with Crippen molar-refractivity contribution in [1.82, 2.24) is 4.90 Å². The number of morpholine rings is 1. The Bertz CT molecular complexity index is 1100. The summed E-state index contributed by atoms with van der Waals surface area (Å²) in [5.41, 5.74) is -7.87. The molecule has 0 bridgehead atoms. The van der Waals surface area contributed by atoms with Gasteiger partial charge in [0.2, 0.25) is 11.9 Å². The van der Waals surface area contributed by atoms with Gasteiger partial charge in [0.1, 0.15) is 12.2 Å². The van der Waals surface area contributed by atoms with Gasteiger partial charge >= 0.3 is 17.9 Å². The molecule has 12 heteroatoms. The van der Waals surface area contributed by atoms with E-state index in [1.807, 2.05) is 20.8 Å². The second-order valence-electron chi connectivity index (χ2n) is 13.0. The van der Waals surface area contributed by atoms with Crippen molar-refractivity contribution in [2.45, 2.75) is 76.0 Å². The normalized spacial score (nSPS) is 52.9. The minimum atomic E-state index is -2.22. The van der Waals surface area contributed by atoms with Gasteiger partial charge in [-0.3, -0.25) is 9.69 Å². The number of hydrogen-bond donors (Lipinski definition) is 2. The van der Waals surface area contributed by atoms with Crippen molar-refractivity contribution in [3.8, 4) is 0 Å². The minimum Gasteiger partial charge on any atom is -0.459 e. The Kier molecular flexibility index (Phi) is 4.94. The van der Waals surface area contributed by atoms with E-state index in [0.29, 0.717) is 26.2 Å². The van der Waals surface area contributed by atoms with E-state index in [1.165, 1.54) is 6.92 Å². The van der Waals surface area contributed by atoms with Gasteiger partial charge in [0, 0.05) is 19.6 Å². The largest absolute Gasteiger partial charge is 0.459 e. The van der Waals surface area contributed by atoms with Crippen LogP contribution in [0.3, 0.4) is 0 Å².